The molecule has 0 radical (unpaired) electrons. The van der Waals surface area contributed by atoms with E-state index in [0.29, 0.717) is 19.7 Å². The quantitative estimate of drug-likeness (QED) is 0.630. The molecule has 1 fully saturated rings. The SMILES string of the molecule is COCC(C)C1(F)CNC1. The molecule has 0 aromatic rings. The van der Waals surface area contributed by atoms with Gasteiger partial charge in [-0.1, -0.05) is 6.92 Å². The van der Waals surface area contributed by atoms with E-state index in [1.807, 2.05) is 6.92 Å². The molecule has 0 amide bonds. The second-order valence-corrected chi connectivity index (χ2v) is 2.99. The molecule has 0 bridgehead atoms. The third-order valence-electron chi connectivity index (χ3n) is 2.14. The number of nitrogens with one attached hydrogen (secondary N) is 1. The number of ether oxygens (including phenoxy) is 1. The minimum Gasteiger partial charge on any atom is -0.384 e. The Bertz CT molecular complexity index is 114. The normalized spacial score (nSPS) is 25.5. The summed E-state index contributed by atoms with van der Waals surface area (Å²) in [5.74, 6) is 0.0127. The van der Waals surface area contributed by atoms with Crippen molar-refractivity contribution in [2.45, 2.75) is 12.6 Å². The van der Waals surface area contributed by atoms with Crippen LogP contribution < -0.4 is 5.32 Å². The first kappa shape index (κ1) is 7.95. The van der Waals surface area contributed by atoms with Gasteiger partial charge in [0.25, 0.3) is 0 Å². The second kappa shape index (κ2) is 2.84. The highest BCUT2D eigenvalue weighted by Crippen LogP contribution is 2.26. The van der Waals surface area contributed by atoms with E-state index in [0.717, 1.165) is 0 Å². The zero-order chi connectivity index (χ0) is 7.61. The summed E-state index contributed by atoms with van der Waals surface area (Å²) in [5.41, 5.74) is -1.00. The van der Waals surface area contributed by atoms with Gasteiger partial charge in [0.15, 0.2) is 0 Å². The molecule has 1 N–H and O–H groups in total. The zero-order valence-electron chi connectivity index (χ0n) is 6.48. The van der Waals surface area contributed by atoms with Gasteiger partial charge >= 0.3 is 0 Å². The van der Waals surface area contributed by atoms with Crippen LogP contribution in [0.4, 0.5) is 4.39 Å². The first-order valence-electron chi connectivity index (χ1n) is 3.57. The van der Waals surface area contributed by atoms with E-state index in [1.165, 1.54) is 0 Å². The molecule has 1 saturated heterocycles. The molecule has 1 rings (SSSR count). The van der Waals surface area contributed by atoms with Crippen molar-refractivity contribution in [1.29, 1.82) is 0 Å². The lowest BCUT2D eigenvalue weighted by molar-refractivity contribution is -0.00586. The summed E-state index contributed by atoms with van der Waals surface area (Å²) in [5, 5.41) is 2.91. The summed E-state index contributed by atoms with van der Waals surface area (Å²) >= 11 is 0. The van der Waals surface area contributed by atoms with Gasteiger partial charge in [-0.05, 0) is 0 Å². The molecule has 2 nitrogen and oxygen atoms in total. The highest BCUT2D eigenvalue weighted by Gasteiger charge is 2.42. The average Bonchev–Trinajstić information content (AvgIpc) is 1.83. The fourth-order valence-electron chi connectivity index (χ4n) is 1.11. The van der Waals surface area contributed by atoms with Gasteiger partial charge < -0.3 is 10.1 Å². The fraction of sp³-hybridized carbons (Fsp3) is 1.00. The fourth-order valence-corrected chi connectivity index (χ4v) is 1.11. The standard InChI is InChI=1S/C7H14FNO/c1-6(3-10-2)7(8)4-9-5-7/h6,9H,3-5H2,1-2H3. The van der Waals surface area contributed by atoms with Crippen LogP contribution in [-0.2, 0) is 4.74 Å². The molecule has 0 saturated carbocycles. The molecule has 1 atom stereocenters. The van der Waals surface area contributed by atoms with Crippen LogP contribution in [0.25, 0.3) is 0 Å². The summed E-state index contributed by atoms with van der Waals surface area (Å²) in [6, 6.07) is 0. The van der Waals surface area contributed by atoms with E-state index in [9.17, 15) is 4.39 Å². The predicted molar refractivity (Wildman–Crippen MR) is 37.7 cm³/mol. The van der Waals surface area contributed by atoms with Crippen LogP contribution in [0.3, 0.4) is 0 Å². The van der Waals surface area contributed by atoms with Crippen molar-refractivity contribution in [2.75, 3.05) is 26.8 Å². The van der Waals surface area contributed by atoms with Crippen molar-refractivity contribution in [3.63, 3.8) is 0 Å². The molecule has 3 heteroatoms. The molecular weight excluding hydrogens is 133 g/mol. The van der Waals surface area contributed by atoms with Crippen molar-refractivity contribution in [3.8, 4) is 0 Å². The van der Waals surface area contributed by atoms with E-state index < -0.39 is 5.67 Å². The average molecular weight is 147 g/mol. The van der Waals surface area contributed by atoms with Crippen molar-refractivity contribution < 1.29 is 9.13 Å². The molecule has 60 valence electrons. The first-order valence-corrected chi connectivity index (χ1v) is 3.57. The molecule has 1 heterocycles. The number of alkyl halides is 1. The van der Waals surface area contributed by atoms with Crippen LogP contribution >= 0.6 is 0 Å². The Balaban J connectivity index is 2.31. The van der Waals surface area contributed by atoms with Crippen LogP contribution in [0.5, 0.6) is 0 Å². The predicted octanol–water partition coefficient (Wildman–Crippen LogP) is 0.580. The highest BCUT2D eigenvalue weighted by atomic mass is 19.1. The molecule has 0 spiro atoms. The third-order valence-corrected chi connectivity index (χ3v) is 2.14. The van der Waals surface area contributed by atoms with Gasteiger partial charge in [-0.25, -0.2) is 4.39 Å². The van der Waals surface area contributed by atoms with Crippen molar-refractivity contribution in [2.24, 2.45) is 5.92 Å². The summed E-state index contributed by atoms with van der Waals surface area (Å²) in [6.45, 7) is 3.36. The lowest BCUT2D eigenvalue weighted by Crippen LogP contribution is -2.60. The summed E-state index contributed by atoms with van der Waals surface area (Å²) < 4.78 is 18.2. The van der Waals surface area contributed by atoms with E-state index >= 15 is 0 Å². The topological polar surface area (TPSA) is 21.3 Å². The van der Waals surface area contributed by atoms with Gasteiger partial charge in [0.05, 0.1) is 6.61 Å². The molecule has 1 unspecified atom stereocenters. The van der Waals surface area contributed by atoms with Gasteiger partial charge in [0, 0.05) is 26.1 Å². The van der Waals surface area contributed by atoms with Crippen LogP contribution in [0.1, 0.15) is 6.92 Å². The molecule has 1 aliphatic rings. The van der Waals surface area contributed by atoms with Crippen molar-refractivity contribution in [1.82, 2.24) is 5.32 Å². The number of halogens is 1. The Hall–Kier alpha value is -0.150. The van der Waals surface area contributed by atoms with Gasteiger partial charge in [-0.15, -0.1) is 0 Å². The van der Waals surface area contributed by atoms with Crippen LogP contribution in [0.15, 0.2) is 0 Å². The number of methoxy groups -OCH3 is 1. The van der Waals surface area contributed by atoms with Crippen LogP contribution in [0.2, 0.25) is 0 Å². The summed E-state index contributed by atoms with van der Waals surface area (Å²) in [6.07, 6.45) is 0. The monoisotopic (exact) mass is 147 g/mol. The van der Waals surface area contributed by atoms with Gasteiger partial charge in [0.1, 0.15) is 5.67 Å². The van der Waals surface area contributed by atoms with E-state index in [4.69, 9.17) is 4.74 Å². The minimum atomic E-state index is -1.00. The van der Waals surface area contributed by atoms with E-state index in [1.54, 1.807) is 7.11 Å². The zero-order valence-corrected chi connectivity index (χ0v) is 6.48. The maximum atomic E-state index is 13.3. The Morgan fingerprint density at radius 2 is 2.30 bits per heavy atom. The number of hydrogen-bond donors (Lipinski definition) is 1. The second-order valence-electron chi connectivity index (χ2n) is 2.99. The Labute approximate surface area is 60.8 Å². The van der Waals surface area contributed by atoms with Gasteiger partial charge in [0.2, 0.25) is 0 Å². The molecule has 1 aliphatic heterocycles. The highest BCUT2D eigenvalue weighted by molar-refractivity contribution is 4.96. The lowest BCUT2D eigenvalue weighted by Gasteiger charge is -2.39. The maximum Gasteiger partial charge on any atom is 0.140 e. The van der Waals surface area contributed by atoms with Gasteiger partial charge in [-0.3, -0.25) is 0 Å². The van der Waals surface area contributed by atoms with Crippen molar-refractivity contribution >= 4 is 0 Å². The smallest absolute Gasteiger partial charge is 0.140 e. The third kappa shape index (κ3) is 1.30. The largest absolute Gasteiger partial charge is 0.384 e. The minimum absolute atomic E-state index is 0.0127. The summed E-state index contributed by atoms with van der Waals surface area (Å²) in [4.78, 5) is 0. The van der Waals surface area contributed by atoms with E-state index in [-0.39, 0.29) is 5.92 Å². The molecule has 10 heavy (non-hydrogen) atoms. The Kier molecular flexibility index (Phi) is 2.26. The van der Waals surface area contributed by atoms with Crippen LogP contribution in [0, 0.1) is 5.92 Å². The molecular formula is C7H14FNO. The lowest BCUT2D eigenvalue weighted by atomic mass is 9.86. The Morgan fingerprint density at radius 3 is 2.60 bits per heavy atom. The maximum absolute atomic E-state index is 13.3. The summed E-state index contributed by atoms with van der Waals surface area (Å²) in [7, 11) is 1.60. The molecule has 0 aromatic heterocycles. The van der Waals surface area contributed by atoms with Gasteiger partial charge in [-0.2, -0.15) is 0 Å². The first-order chi connectivity index (χ1) is 4.69. The van der Waals surface area contributed by atoms with Crippen LogP contribution in [-0.4, -0.2) is 32.5 Å². The van der Waals surface area contributed by atoms with E-state index in [2.05, 4.69) is 5.32 Å². The number of rotatable bonds is 3. The molecule has 0 aliphatic carbocycles. The number of hydrogen-bond acceptors (Lipinski definition) is 2. The molecule has 0 aromatic carbocycles. The Morgan fingerprint density at radius 1 is 1.70 bits per heavy atom. The van der Waals surface area contributed by atoms with Crippen molar-refractivity contribution in [3.05, 3.63) is 0 Å².